The lowest BCUT2D eigenvalue weighted by molar-refractivity contribution is -0.162. The molecule has 1 heterocycles. The molecule has 0 N–H and O–H groups in total. The van der Waals surface area contributed by atoms with E-state index in [1.54, 1.807) is 18.9 Å². The van der Waals surface area contributed by atoms with Crippen LogP contribution in [0.15, 0.2) is 0 Å². The summed E-state index contributed by atoms with van der Waals surface area (Å²) >= 11 is 0. The molecule has 0 spiro atoms. The van der Waals surface area contributed by atoms with Gasteiger partial charge in [-0.05, 0) is 38.5 Å². The first kappa shape index (κ1) is 16.2. The number of esters is 1. The predicted octanol–water partition coefficient (Wildman–Crippen LogP) is 0.982. The Hall–Kier alpha value is -1.14. The minimum absolute atomic E-state index is 0.0755. The van der Waals surface area contributed by atoms with E-state index in [1.165, 1.54) is 12.8 Å². The van der Waals surface area contributed by atoms with Crippen molar-refractivity contribution >= 4 is 11.9 Å². The van der Waals surface area contributed by atoms with Crippen LogP contribution in [0.25, 0.3) is 0 Å². The third-order valence-electron chi connectivity index (χ3n) is 3.88. The molecule has 21 heavy (non-hydrogen) atoms. The Balaban J connectivity index is 1.59. The van der Waals surface area contributed by atoms with Crippen molar-refractivity contribution < 1.29 is 23.8 Å². The van der Waals surface area contributed by atoms with Crippen molar-refractivity contribution in [2.75, 3.05) is 33.4 Å². The third kappa shape index (κ3) is 5.63. The van der Waals surface area contributed by atoms with E-state index in [-0.39, 0.29) is 18.6 Å². The Morgan fingerprint density at radius 3 is 2.71 bits per heavy atom. The summed E-state index contributed by atoms with van der Waals surface area (Å²) in [5, 5.41) is 0. The van der Waals surface area contributed by atoms with Gasteiger partial charge in [0.1, 0.15) is 0 Å². The van der Waals surface area contributed by atoms with Crippen LogP contribution in [-0.2, 0) is 23.8 Å². The summed E-state index contributed by atoms with van der Waals surface area (Å²) in [7, 11) is 1.74. The molecule has 120 valence electrons. The molecule has 0 bridgehead atoms. The smallest absolute Gasteiger partial charge is 0.335 e. The van der Waals surface area contributed by atoms with Crippen LogP contribution in [0.5, 0.6) is 0 Å². The fraction of sp³-hybridized carbons (Fsp3) is 0.867. The summed E-state index contributed by atoms with van der Waals surface area (Å²) in [6, 6.07) is 0. The molecule has 6 nitrogen and oxygen atoms in total. The van der Waals surface area contributed by atoms with Crippen LogP contribution >= 0.6 is 0 Å². The Morgan fingerprint density at radius 1 is 1.33 bits per heavy atom. The molecule has 0 aromatic carbocycles. The number of rotatable bonds is 8. The predicted molar refractivity (Wildman–Crippen MR) is 75.7 cm³/mol. The number of nitrogens with zero attached hydrogens (tertiary/aromatic N) is 1. The maximum atomic E-state index is 11.8. The second kappa shape index (κ2) is 7.75. The van der Waals surface area contributed by atoms with Crippen molar-refractivity contribution in [1.29, 1.82) is 0 Å². The van der Waals surface area contributed by atoms with Crippen molar-refractivity contribution in [3.8, 4) is 0 Å². The van der Waals surface area contributed by atoms with Gasteiger partial charge < -0.3 is 19.1 Å². The maximum Gasteiger partial charge on any atom is 0.335 e. The highest BCUT2D eigenvalue weighted by atomic mass is 16.6. The number of amides is 1. The molecular formula is C15H25NO5. The van der Waals surface area contributed by atoms with E-state index >= 15 is 0 Å². The standard InChI is InChI=1S/C15H25NO5/c1-11(20-9-13-4-3-7-19-13)15(18)21-10-14(17)16(2)8-12-5-6-12/h11-13H,3-10H2,1-2H3. The van der Waals surface area contributed by atoms with Gasteiger partial charge in [-0.15, -0.1) is 0 Å². The summed E-state index contributed by atoms with van der Waals surface area (Å²) in [5.74, 6) is -0.0361. The molecule has 1 aliphatic carbocycles. The van der Waals surface area contributed by atoms with Crippen LogP contribution in [-0.4, -0.2) is 62.4 Å². The quantitative estimate of drug-likeness (QED) is 0.625. The average Bonchev–Trinajstić information content (AvgIpc) is 3.13. The zero-order chi connectivity index (χ0) is 15.2. The maximum absolute atomic E-state index is 11.8. The molecule has 1 aliphatic heterocycles. The fourth-order valence-electron chi connectivity index (χ4n) is 2.25. The summed E-state index contributed by atoms with van der Waals surface area (Å²) in [6.07, 6.45) is 3.78. The first-order chi connectivity index (χ1) is 10.1. The molecule has 6 heteroatoms. The summed E-state index contributed by atoms with van der Waals surface area (Å²) < 4.78 is 15.9. The topological polar surface area (TPSA) is 65.1 Å². The van der Waals surface area contributed by atoms with Gasteiger partial charge in [-0.3, -0.25) is 4.79 Å². The molecule has 1 saturated heterocycles. The number of carbonyl (C=O) groups excluding carboxylic acids is 2. The lowest BCUT2D eigenvalue weighted by Gasteiger charge is -2.18. The molecular weight excluding hydrogens is 274 g/mol. The van der Waals surface area contributed by atoms with E-state index in [0.29, 0.717) is 12.5 Å². The van der Waals surface area contributed by atoms with Gasteiger partial charge in [0.05, 0.1) is 12.7 Å². The molecule has 0 radical (unpaired) electrons. The lowest BCUT2D eigenvalue weighted by Crippen LogP contribution is -2.35. The summed E-state index contributed by atoms with van der Waals surface area (Å²) in [6.45, 7) is 3.33. The highest BCUT2D eigenvalue weighted by molar-refractivity contribution is 5.81. The van der Waals surface area contributed by atoms with E-state index in [0.717, 1.165) is 26.0 Å². The minimum atomic E-state index is -0.671. The van der Waals surface area contributed by atoms with Gasteiger partial charge in [-0.2, -0.15) is 0 Å². The lowest BCUT2D eigenvalue weighted by atomic mass is 10.2. The van der Waals surface area contributed by atoms with Crippen LogP contribution in [0, 0.1) is 5.92 Å². The van der Waals surface area contributed by atoms with Crippen LogP contribution in [0.3, 0.4) is 0 Å². The molecule has 2 unspecified atom stereocenters. The second-order valence-electron chi connectivity index (χ2n) is 5.94. The van der Waals surface area contributed by atoms with Gasteiger partial charge in [0, 0.05) is 20.2 Å². The minimum Gasteiger partial charge on any atom is -0.454 e. The van der Waals surface area contributed by atoms with Gasteiger partial charge in [0.25, 0.3) is 5.91 Å². The summed E-state index contributed by atoms with van der Waals surface area (Å²) in [4.78, 5) is 25.2. The van der Waals surface area contributed by atoms with Crippen LogP contribution < -0.4 is 0 Å². The van der Waals surface area contributed by atoms with Gasteiger partial charge in [-0.25, -0.2) is 4.79 Å². The first-order valence-corrected chi connectivity index (χ1v) is 7.70. The number of carbonyl (C=O) groups is 2. The Kier molecular flexibility index (Phi) is 5.99. The average molecular weight is 299 g/mol. The highest BCUT2D eigenvalue weighted by Gasteiger charge is 2.26. The summed E-state index contributed by atoms with van der Waals surface area (Å²) in [5.41, 5.74) is 0. The van der Waals surface area contributed by atoms with E-state index in [1.807, 2.05) is 0 Å². The Bertz CT molecular complexity index is 363. The number of hydrogen-bond donors (Lipinski definition) is 0. The molecule has 2 atom stereocenters. The van der Waals surface area contributed by atoms with Crippen molar-refractivity contribution in [1.82, 2.24) is 4.90 Å². The molecule has 2 fully saturated rings. The first-order valence-electron chi connectivity index (χ1n) is 7.70. The largest absolute Gasteiger partial charge is 0.454 e. The Labute approximate surface area is 125 Å². The number of hydrogen-bond acceptors (Lipinski definition) is 5. The highest BCUT2D eigenvalue weighted by Crippen LogP contribution is 2.29. The zero-order valence-corrected chi connectivity index (χ0v) is 12.9. The van der Waals surface area contributed by atoms with Crippen molar-refractivity contribution in [3.05, 3.63) is 0 Å². The van der Waals surface area contributed by atoms with E-state index in [4.69, 9.17) is 14.2 Å². The van der Waals surface area contributed by atoms with Crippen LogP contribution in [0.4, 0.5) is 0 Å². The van der Waals surface area contributed by atoms with Crippen LogP contribution in [0.1, 0.15) is 32.6 Å². The number of ether oxygens (including phenoxy) is 3. The van der Waals surface area contributed by atoms with Crippen molar-refractivity contribution in [3.63, 3.8) is 0 Å². The SMILES string of the molecule is CC(OCC1CCCO1)C(=O)OCC(=O)N(C)CC1CC1. The van der Waals surface area contributed by atoms with Crippen molar-refractivity contribution in [2.45, 2.75) is 44.8 Å². The fourth-order valence-corrected chi connectivity index (χ4v) is 2.25. The van der Waals surface area contributed by atoms with Gasteiger partial charge in [0.15, 0.2) is 12.7 Å². The molecule has 2 aliphatic rings. The second-order valence-corrected chi connectivity index (χ2v) is 5.94. The molecule has 1 amide bonds. The van der Waals surface area contributed by atoms with Gasteiger partial charge in [-0.1, -0.05) is 0 Å². The third-order valence-corrected chi connectivity index (χ3v) is 3.88. The van der Waals surface area contributed by atoms with Crippen LogP contribution in [0.2, 0.25) is 0 Å². The Morgan fingerprint density at radius 2 is 2.10 bits per heavy atom. The molecule has 2 rings (SSSR count). The molecule has 0 aromatic heterocycles. The molecule has 0 aromatic rings. The van der Waals surface area contributed by atoms with E-state index in [9.17, 15) is 9.59 Å². The zero-order valence-electron chi connectivity index (χ0n) is 12.9. The number of likely N-dealkylation sites (N-methyl/N-ethyl adjacent to an activating group) is 1. The van der Waals surface area contributed by atoms with E-state index < -0.39 is 12.1 Å². The van der Waals surface area contributed by atoms with Gasteiger partial charge in [0.2, 0.25) is 0 Å². The monoisotopic (exact) mass is 299 g/mol. The normalized spacial score (nSPS) is 22.9. The van der Waals surface area contributed by atoms with E-state index in [2.05, 4.69) is 0 Å². The molecule has 1 saturated carbocycles. The van der Waals surface area contributed by atoms with Crippen molar-refractivity contribution in [2.24, 2.45) is 5.92 Å². The van der Waals surface area contributed by atoms with Gasteiger partial charge >= 0.3 is 5.97 Å².